The van der Waals surface area contributed by atoms with Crippen LogP contribution in [0.3, 0.4) is 0 Å². The fraction of sp³-hybridized carbons (Fsp3) is 0.628. The van der Waals surface area contributed by atoms with Crippen LogP contribution in [0.15, 0.2) is 12.5 Å². The van der Waals surface area contributed by atoms with E-state index in [1.54, 1.807) is 13.8 Å². The number of rotatable bonds is 34. The lowest BCUT2D eigenvalue weighted by atomic mass is 9.99. The Kier molecular flexibility index (Phi) is 27.2. The molecule has 73 heavy (non-hydrogen) atoms. The van der Waals surface area contributed by atoms with E-state index in [2.05, 4.69) is 65.1 Å². The maximum Gasteiger partial charge on any atom is 0.326 e. The first-order chi connectivity index (χ1) is 34.0. The van der Waals surface area contributed by atoms with Gasteiger partial charge < -0.3 is 80.7 Å². The minimum atomic E-state index is -1.90. The number of primary amides is 3. The van der Waals surface area contributed by atoms with Gasteiger partial charge in [0.15, 0.2) is 0 Å². The van der Waals surface area contributed by atoms with Crippen LogP contribution in [0.5, 0.6) is 0 Å². The van der Waals surface area contributed by atoms with Crippen molar-refractivity contribution in [3.05, 3.63) is 18.2 Å². The van der Waals surface area contributed by atoms with E-state index >= 15 is 0 Å². The number of aromatic amines is 1. The van der Waals surface area contributed by atoms with Gasteiger partial charge in [-0.3, -0.25) is 57.5 Å². The summed E-state index contributed by atoms with van der Waals surface area (Å²) < 4.78 is 0. The van der Waals surface area contributed by atoms with Crippen molar-refractivity contribution in [2.24, 2.45) is 40.7 Å². The van der Waals surface area contributed by atoms with Crippen LogP contribution in [-0.4, -0.2) is 157 Å². The first-order valence-electron chi connectivity index (χ1n) is 23.0. The van der Waals surface area contributed by atoms with Gasteiger partial charge in [-0.15, -0.1) is 0 Å². The zero-order valence-electron chi connectivity index (χ0n) is 41.4. The fourth-order valence-corrected chi connectivity index (χ4v) is 6.97. The Labute approximate surface area is 425 Å². The number of imidazole rings is 1. The van der Waals surface area contributed by atoms with Gasteiger partial charge in [0.25, 0.3) is 0 Å². The quantitative estimate of drug-likeness (QED) is 0.0286. The Balaban J connectivity index is 3.53. The summed E-state index contributed by atoms with van der Waals surface area (Å²) in [7, 11) is 0. The second-order valence-corrected chi connectivity index (χ2v) is 18.5. The molecule has 408 valence electrons. The number of nitrogens with two attached hydrogens (primary N) is 4. The van der Waals surface area contributed by atoms with E-state index in [1.807, 2.05) is 0 Å². The zero-order valence-corrected chi connectivity index (χ0v) is 42.2. The van der Waals surface area contributed by atoms with E-state index in [4.69, 9.17) is 22.9 Å². The van der Waals surface area contributed by atoms with Gasteiger partial charge >= 0.3 is 11.9 Å². The van der Waals surface area contributed by atoms with Crippen LogP contribution in [0.2, 0.25) is 0 Å². The smallest absolute Gasteiger partial charge is 0.326 e. The molecule has 1 heterocycles. The third kappa shape index (κ3) is 23.6. The summed E-state index contributed by atoms with van der Waals surface area (Å²) >= 11 is 4.15. The first kappa shape index (κ1) is 63.6. The molecule has 0 saturated heterocycles. The molecular formula is C43H70N14O15S. The molecule has 0 aliphatic rings. The molecule has 29 nitrogen and oxygen atoms in total. The van der Waals surface area contributed by atoms with Crippen LogP contribution in [-0.2, 0) is 68.7 Å². The second-order valence-electron chi connectivity index (χ2n) is 18.1. The van der Waals surface area contributed by atoms with E-state index in [0.29, 0.717) is 0 Å². The van der Waals surface area contributed by atoms with E-state index in [-0.39, 0.29) is 23.8 Å². The number of carbonyl (C=O) groups is 13. The van der Waals surface area contributed by atoms with Crippen molar-refractivity contribution in [1.82, 2.24) is 52.5 Å². The minimum Gasteiger partial charge on any atom is -0.481 e. The van der Waals surface area contributed by atoms with Gasteiger partial charge in [0.05, 0.1) is 25.2 Å². The summed E-state index contributed by atoms with van der Waals surface area (Å²) in [5.74, 6) is -15.9. The molecule has 30 heteroatoms. The lowest BCUT2D eigenvalue weighted by Gasteiger charge is -2.28. The van der Waals surface area contributed by atoms with Gasteiger partial charge in [0, 0.05) is 36.9 Å². The maximum atomic E-state index is 14.1. The average molecular weight is 1060 g/mol. The molecule has 9 atom stereocenters. The van der Waals surface area contributed by atoms with Gasteiger partial charge in [-0.05, 0) is 37.0 Å². The summed E-state index contributed by atoms with van der Waals surface area (Å²) in [6.07, 6.45) is -1.51. The van der Waals surface area contributed by atoms with E-state index < -0.39 is 188 Å². The van der Waals surface area contributed by atoms with Crippen LogP contribution >= 0.6 is 12.6 Å². The standard InChI is InChI=1S/C43H70N14O15S/c1-18(2)11-25(52-35(63)22(44)13-31(47)60)38(66)55-28(16-73)41(69)51-23(7-9-29(45)58)36(64)50-24(8-10-30(46)59)37(65)53-26(12-21-15-48-17-49-21)39(67)54-27(14-32(61)62)40(68)56-33(19(3)4)42(70)57-34(20(5)6)43(71)72/h15,17-20,22-28,33-34,73H,7-14,16,44H2,1-6H3,(H2,45,58)(H2,46,59)(H2,47,60)(H,48,49)(H,50,64)(H,51,69)(H,52,63)(H,53,65)(H,54,67)(H,55,66)(H,56,68)(H,57,70)(H,61,62)(H,71,72). The van der Waals surface area contributed by atoms with Crippen molar-refractivity contribution >= 4 is 89.5 Å². The van der Waals surface area contributed by atoms with Gasteiger partial charge in [-0.2, -0.15) is 12.6 Å². The normalized spacial score (nSPS) is 14.8. The Morgan fingerprint density at radius 1 is 0.548 bits per heavy atom. The number of H-pyrrole nitrogens is 1. The van der Waals surface area contributed by atoms with Crippen molar-refractivity contribution in [2.45, 2.75) is 147 Å². The molecule has 0 saturated carbocycles. The number of thiol groups is 1. The number of carboxylic acid groups (broad SMARTS) is 2. The molecule has 1 aromatic rings. The number of hydrogen-bond donors (Lipinski definition) is 16. The topological polar surface area (TPSA) is 491 Å². The van der Waals surface area contributed by atoms with Crippen molar-refractivity contribution in [3.63, 3.8) is 0 Å². The summed E-state index contributed by atoms with van der Waals surface area (Å²) in [6, 6.07) is -14.0. The molecule has 0 aliphatic carbocycles. The Morgan fingerprint density at radius 3 is 1.40 bits per heavy atom. The molecule has 19 N–H and O–H groups in total. The minimum absolute atomic E-state index is 0.0399. The summed E-state index contributed by atoms with van der Waals surface area (Å²) in [4.78, 5) is 174. The fourth-order valence-electron chi connectivity index (χ4n) is 6.71. The Bertz CT molecular complexity index is 2140. The van der Waals surface area contributed by atoms with E-state index in [9.17, 15) is 72.5 Å². The molecular weight excluding hydrogens is 985 g/mol. The van der Waals surface area contributed by atoms with Crippen LogP contribution in [0.1, 0.15) is 92.2 Å². The predicted molar refractivity (Wildman–Crippen MR) is 259 cm³/mol. The number of nitrogens with one attached hydrogen (secondary N) is 9. The highest BCUT2D eigenvalue weighted by molar-refractivity contribution is 7.80. The second kappa shape index (κ2) is 31.2. The Morgan fingerprint density at radius 2 is 0.973 bits per heavy atom. The molecule has 0 aromatic carbocycles. The summed E-state index contributed by atoms with van der Waals surface area (Å²) in [6.45, 7) is 9.56. The van der Waals surface area contributed by atoms with Crippen molar-refractivity contribution < 1.29 is 72.5 Å². The third-order valence-corrected chi connectivity index (χ3v) is 11.0. The highest BCUT2D eigenvalue weighted by atomic mass is 32.1. The summed E-state index contributed by atoms with van der Waals surface area (Å²) in [5.41, 5.74) is 21.8. The molecule has 0 spiro atoms. The predicted octanol–water partition coefficient (Wildman–Crippen LogP) is -5.59. The molecule has 1 aromatic heterocycles. The molecule has 0 fully saturated rings. The number of nitrogens with zero attached hydrogens (tertiary/aromatic N) is 1. The van der Waals surface area contributed by atoms with Gasteiger partial charge in [-0.25, -0.2) is 9.78 Å². The van der Waals surface area contributed by atoms with Crippen LogP contribution in [0.25, 0.3) is 0 Å². The zero-order chi connectivity index (χ0) is 55.9. The number of hydrogen-bond acceptors (Lipinski definition) is 16. The van der Waals surface area contributed by atoms with E-state index in [1.165, 1.54) is 40.2 Å². The highest BCUT2D eigenvalue weighted by Crippen LogP contribution is 2.11. The SMILES string of the molecule is CC(C)CC(NC(=O)C(N)CC(N)=O)C(=O)NC(CS)C(=O)NC(CCC(N)=O)C(=O)NC(CCC(N)=O)C(=O)NC(Cc1cnc[nH]1)C(=O)NC(CC(=O)O)C(=O)NC(C(=O)NC(C(=O)O)C(C)C)C(C)C. The van der Waals surface area contributed by atoms with Gasteiger partial charge in [0.2, 0.25) is 65.0 Å². The largest absolute Gasteiger partial charge is 0.481 e. The lowest BCUT2D eigenvalue weighted by molar-refractivity contribution is -0.144. The molecule has 0 bridgehead atoms. The number of carboxylic acids is 2. The van der Waals surface area contributed by atoms with Crippen molar-refractivity contribution in [2.75, 3.05) is 5.75 Å². The van der Waals surface area contributed by atoms with Crippen LogP contribution in [0, 0.1) is 17.8 Å². The average Bonchev–Trinajstić information content (AvgIpc) is 3.80. The van der Waals surface area contributed by atoms with Crippen LogP contribution < -0.4 is 65.5 Å². The van der Waals surface area contributed by atoms with Crippen molar-refractivity contribution in [3.8, 4) is 0 Å². The molecule has 0 radical (unpaired) electrons. The summed E-state index contributed by atoms with van der Waals surface area (Å²) in [5, 5.41) is 38.2. The van der Waals surface area contributed by atoms with Gasteiger partial charge in [-0.1, -0.05) is 41.5 Å². The van der Waals surface area contributed by atoms with Crippen LogP contribution in [0.4, 0.5) is 0 Å². The molecule has 0 aliphatic heterocycles. The van der Waals surface area contributed by atoms with E-state index in [0.717, 1.165) is 0 Å². The monoisotopic (exact) mass is 1050 g/mol. The number of aromatic nitrogens is 2. The van der Waals surface area contributed by atoms with Crippen molar-refractivity contribution in [1.29, 1.82) is 0 Å². The highest BCUT2D eigenvalue weighted by Gasteiger charge is 2.37. The number of aliphatic carboxylic acids is 2. The molecule has 11 amide bonds. The number of amides is 11. The lowest BCUT2D eigenvalue weighted by Crippen LogP contribution is -2.61. The number of carbonyl (C=O) groups excluding carboxylic acids is 11. The Hall–Kier alpha value is -7.37. The molecule has 1 rings (SSSR count). The molecule has 9 unspecified atom stereocenters. The van der Waals surface area contributed by atoms with Gasteiger partial charge in [0.1, 0.15) is 48.3 Å². The maximum absolute atomic E-state index is 14.1. The first-order valence-corrected chi connectivity index (χ1v) is 23.7. The third-order valence-electron chi connectivity index (χ3n) is 10.6.